The second kappa shape index (κ2) is 11.4. The normalized spacial score (nSPS) is 11.2. The number of H-pyrrole nitrogens is 1. The number of aliphatic carboxylic acids is 1. The van der Waals surface area contributed by atoms with E-state index in [4.69, 9.17) is 25.8 Å². The van der Waals surface area contributed by atoms with Gasteiger partial charge in [-0.15, -0.1) is 5.10 Å². The Labute approximate surface area is 198 Å². The van der Waals surface area contributed by atoms with Gasteiger partial charge in [0.15, 0.2) is 12.4 Å². The Kier molecular flexibility index (Phi) is 8.34. The number of rotatable bonds is 10. The van der Waals surface area contributed by atoms with Gasteiger partial charge in [0.05, 0.1) is 19.3 Å². The molecule has 0 unspecified atom stereocenters. The molecule has 0 aliphatic carbocycles. The lowest BCUT2D eigenvalue weighted by Crippen LogP contribution is -2.14. The van der Waals surface area contributed by atoms with Crippen LogP contribution in [0, 0.1) is 0 Å². The first-order valence-electron chi connectivity index (χ1n) is 9.67. The molecule has 2 aromatic carbocycles. The van der Waals surface area contributed by atoms with Crippen molar-refractivity contribution in [2.24, 2.45) is 0 Å². The number of hydrogen-bond acceptors (Lipinski definition) is 8. The van der Waals surface area contributed by atoms with Crippen molar-refractivity contribution < 1.29 is 28.9 Å². The van der Waals surface area contributed by atoms with E-state index in [2.05, 4.69) is 15.2 Å². The number of halogens is 1. The molecule has 1 heterocycles. The first-order chi connectivity index (χ1) is 15.9. The number of methoxy groups -OCH3 is 1. The van der Waals surface area contributed by atoms with Crippen LogP contribution < -0.4 is 9.47 Å². The molecule has 0 bridgehead atoms. The summed E-state index contributed by atoms with van der Waals surface area (Å²) in [6, 6.07) is 11.7. The van der Waals surface area contributed by atoms with E-state index < -0.39 is 11.9 Å². The number of carboxylic acid groups (broad SMARTS) is 1. The molecule has 172 valence electrons. The van der Waals surface area contributed by atoms with Gasteiger partial charge < -0.3 is 19.3 Å². The lowest BCUT2D eigenvalue weighted by molar-refractivity contribution is -0.145. The number of benzene rings is 2. The molecule has 0 fully saturated rings. The van der Waals surface area contributed by atoms with E-state index in [1.54, 1.807) is 49.4 Å². The summed E-state index contributed by atoms with van der Waals surface area (Å²) in [5, 5.41) is 17.2. The van der Waals surface area contributed by atoms with Gasteiger partial charge in [-0.05, 0) is 60.7 Å². The minimum Gasteiger partial charge on any atom is -0.496 e. The van der Waals surface area contributed by atoms with Crippen LogP contribution in [0.4, 0.5) is 0 Å². The standard InChI is InChI=1S/C22H20ClN3O6S/c1-3-31-19(27)12-32-15-7-4-13(5-8-15)10-18(21(28)29)33-22-24-20(25-26-22)16-11-14(23)6-9-17(16)30-2/h4-11H,3,12H2,1-2H3,(H,28,29)(H,24,25,26)/b18-10-. The van der Waals surface area contributed by atoms with E-state index in [9.17, 15) is 14.7 Å². The van der Waals surface area contributed by atoms with Gasteiger partial charge in [0.1, 0.15) is 16.4 Å². The number of hydrogen-bond donors (Lipinski definition) is 2. The summed E-state index contributed by atoms with van der Waals surface area (Å²) in [7, 11) is 1.52. The summed E-state index contributed by atoms with van der Waals surface area (Å²) in [5.41, 5.74) is 1.22. The highest BCUT2D eigenvalue weighted by atomic mass is 35.5. The second-order valence-corrected chi connectivity index (χ2v) is 7.84. The van der Waals surface area contributed by atoms with Crippen LogP contribution in [-0.4, -0.2) is 52.6 Å². The summed E-state index contributed by atoms with van der Waals surface area (Å²) in [5.74, 6) is -0.198. The number of ether oxygens (including phenoxy) is 3. The number of carbonyl (C=O) groups excluding carboxylic acids is 1. The van der Waals surface area contributed by atoms with E-state index in [0.717, 1.165) is 11.8 Å². The zero-order valence-corrected chi connectivity index (χ0v) is 19.3. The molecule has 3 rings (SSSR count). The molecular formula is C22H20ClN3O6S. The van der Waals surface area contributed by atoms with Crippen LogP contribution in [0.5, 0.6) is 11.5 Å². The number of carboxylic acids is 1. The molecule has 33 heavy (non-hydrogen) atoms. The van der Waals surface area contributed by atoms with Crippen LogP contribution in [0.15, 0.2) is 52.5 Å². The van der Waals surface area contributed by atoms with E-state index in [1.165, 1.54) is 13.2 Å². The van der Waals surface area contributed by atoms with Crippen LogP contribution in [0.25, 0.3) is 17.5 Å². The Morgan fingerprint density at radius 2 is 1.97 bits per heavy atom. The van der Waals surface area contributed by atoms with E-state index in [1.807, 2.05) is 0 Å². The van der Waals surface area contributed by atoms with Crippen molar-refractivity contribution >= 4 is 41.4 Å². The number of nitrogens with one attached hydrogen (secondary N) is 1. The summed E-state index contributed by atoms with van der Waals surface area (Å²) >= 11 is 6.96. The average Bonchev–Trinajstić information content (AvgIpc) is 3.26. The summed E-state index contributed by atoms with van der Waals surface area (Å²) in [4.78, 5) is 27.5. The second-order valence-electron chi connectivity index (χ2n) is 6.39. The molecule has 11 heteroatoms. The fourth-order valence-electron chi connectivity index (χ4n) is 2.67. The lowest BCUT2D eigenvalue weighted by atomic mass is 10.2. The smallest absolute Gasteiger partial charge is 0.344 e. The van der Waals surface area contributed by atoms with Crippen LogP contribution in [-0.2, 0) is 14.3 Å². The van der Waals surface area contributed by atoms with Crippen LogP contribution in [0.1, 0.15) is 12.5 Å². The molecular weight excluding hydrogens is 470 g/mol. The minimum atomic E-state index is -1.13. The van der Waals surface area contributed by atoms with E-state index >= 15 is 0 Å². The molecule has 0 amide bonds. The van der Waals surface area contributed by atoms with Crippen LogP contribution in [0.2, 0.25) is 5.02 Å². The van der Waals surface area contributed by atoms with Gasteiger partial charge in [0.2, 0.25) is 5.16 Å². The molecule has 2 N–H and O–H groups in total. The average molecular weight is 490 g/mol. The SMILES string of the molecule is CCOC(=O)COc1ccc(/C=C(\Sc2n[nH]c(-c3cc(Cl)ccc3OC)n2)C(=O)O)cc1. The first kappa shape index (κ1) is 24.1. The zero-order valence-electron chi connectivity index (χ0n) is 17.7. The highest BCUT2D eigenvalue weighted by molar-refractivity contribution is 8.04. The monoisotopic (exact) mass is 489 g/mol. The molecule has 9 nitrogen and oxygen atoms in total. The topological polar surface area (TPSA) is 124 Å². The number of thioether (sulfide) groups is 1. The van der Waals surface area contributed by atoms with E-state index in [0.29, 0.717) is 33.5 Å². The molecule has 0 aliphatic heterocycles. The Bertz CT molecular complexity index is 1160. The van der Waals surface area contributed by atoms with Gasteiger partial charge in [-0.3, -0.25) is 5.10 Å². The maximum atomic E-state index is 11.8. The number of aromatic nitrogens is 3. The Morgan fingerprint density at radius 1 is 1.21 bits per heavy atom. The molecule has 0 spiro atoms. The van der Waals surface area contributed by atoms with Crippen molar-refractivity contribution in [1.29, 1.82) is 0 Å². The molecule has 0 saturated carbocycles. The van der Waals surface area contributed by atoms with Crippen molar-refractivity contribution in [3.8, 4) is 22.9 Å². The number of nitrogens with zero attached hydrogens (tertiary/aromatic N) is 2. The van der Waals surface area contributed by atoms with Crippen LogP contribution >= 0.6 is 23.4 Å². The Balaban J connectivity index is 1.73. The molecule has 0 atom stereocenters. The van der Waals surface area contributed by atoms with Crippen molar-refractivity contribution in [2.75, 3.05) is 20.3 Å². The quantitative estimate of drug-likeness (QED) is 0.244. The molecule has 1 aromatic heterocycles. The molecule has 0 radical (unpaired) electrons. The van der Waals surface area contributed by atoms with Crippen molar-refractivity contribution in [3.63, 3.8) is 0 Å². The Morgan fingerprint density at radius 3 is 2.64 bits per heavy atom. The predicted molar refractivity (Wildman–Crippen MR) is 123 cm³/mol. The zero-order chi connectivity index (χ0) is 23.8. The van der Waals surface area contributed by atoms with Gasteiger partial charge in [0.25, 0.3) is 0 Å². The highest BCUT2D eigenvalue weighted by Gasteiger charge is 2.16. The minimum absolute atomic E-state index is 0.0128. The summed E-state index contributed by atoms with van der Waals surface area (Å²) < 4.78 is 15.5. The maximum Gasteiger partial charge on any atom is 0.344 e. The highest BCUT2D eigenvalue weighted by Crippen LogP contribution is 2.33. The van der Waals surface area contributed by atoms with Crippen LogP contribution in [0.3, 0.4) is 0 Å². The van der Waals surface area contributed by atoms with Crippen molar-refractivity contribution in [1.82, 2.24) is 15.2 Å². The first-order valence-corrected chi connectivity index (χ1v) is 10.9. The molecule has 0 saturated heterocycles. The third kappa shape index (κ3) is 6.74. The third-order valence-electron chi connectivity index (χ3n) is 4.13. The summed E-state index contributed by atoms with van der Waals surface area (Å²) in [6.45, 7) is 1.79. The fourth-order valence-corrected chi connectivity index (χ4v) is 3.55. The number of carbonyl (C=O) groups is 2. The number of aromatic amines is 1. The summed E-state index contributed by atoms with van der Waals surface area (Å²) in [6.07, 6.45) is 1.48. The largest absolute Gasteiger partial charge is 0.496 e. The third-order valence-corrected chi connectivity index (χ3v) is 5.25. The predicted octanol–water partition coefficient (Wildman–Crippen LogP) is 4.29. The van der Waals surface area contributed by atoms with Crippen molar-refractivity contribution in [2.45, 2.75) is 12.1 Å². The fraction of sp³-hybridized carbons (Fsp3) is 0.182. The Hall–Kier alpha value is -3.50. The molecule has 3 aromatic rings. The van der Waals surface area contributed by atoms with Gasteiger partial charge in [0, 0.05) is 5.02 Å². The van der Waals surface area contributed by atoms with Gasteiger partial charge in [-0.1, -0.05) is 23.7 Å². The number of esters is 1. The maximum absolute atomic E-state index is 11.8. The van der Waals surface area contributed by atoms with Gasteiger partial charge >= 0.3 is 11.9 Å². The molecule has 0 aliphatic rings. The lowest BCUT2D eigenvalue weighted by Gasteiger charge is -2.06. The van der Waals surface area contributed by atoms with Crippen molar-refractivity contribution in [3.05, 3.63) is 58.0 Å². The van der Waals surface area contributed by atoms with E-state index in [-0.39, 0.29) is 23.3 Å². The van der Waals surface area contributed by atoms with Gasteiger partial charge in [-0.25, -0.2) is 14.6 Å². The van der Waals surface area contributed by atoms with Gasteiger partial charge in [-0.2, -0.15) is 0 Å².